The number of carbonyl (C=O) groups excluding carboxylic acids is 6. The second-order valence-electron chi connectivity index (χ2n) is 37.6. The first-order chi connectivity index (χ1) is 42.5. The van der Waals surface area contributed by atoms with Crippen LogP contribution < -0.4 is 11.5 Å². The van der Waals surface area contributed by atoms with Gasteiger partial charge < -0.3 is 44.6 Å². The fourth-order valence-corrected chi connectivity index (χ4v) is 8.48. The predicted octanol–water partition coefficient (Wildman–Crippen LogP) is 20.7. The lowest BCUT2D eigenvalue weighted by Gasteiger charge is -2.24. The van der Waals surface area contributed by atoms with E-state index in [1.54, 1.807) is 0 Å². The van der Waals surface area contributed by atoms with Crippen LogP contribution in [0, 0.1) is 72.9 Å². The van der Waals surface area contributed by atoms with E-state index in [0.717, 1.165) is 57.9 Å². The van der Waals surface area contributed by atoms with Gasteiger partial charge in [-0.2, -0.15) is 0 Å². The summed E-state index contributed by atoms with van der Waals surface area (Å²) in [4.78, 5) is 67.5. The van der Waals surface area contributed by atoms with E-state index < -0.39 is 0 Å². The Morgan fingerprint density at radius 2 is 0.758 bits per heavy atom. The molecule has 3 unspecified atom stereocenters. The molecule has 15 nitrogen and oxygen atoms in total. The zero-order valence-electron chi connectivity index (χ0n) is 69.6. The molecule has 572 valence electrons. The van der Waals surface area contributed by atoms with E-state index >= 15 is 0 Å². The van der Waals surface area contributed by atoms with E-state index in [0.29, 0.717) is 86.2 Å². The summed E-state index contributed by atoms with van der Waals surface area (Å²) in [5.74, 6) is 0.723. The van der Waals surface area contributed by atoms with Crippen LogP contribution in [0.2, 0.25) is 0 Å². The average Bonchev–Trinajstić information content (AvgIpc) is 1.92. The lowest BCUT2D eigenvalue weighted by Crippen LogP contribution is -2.24. The molecule has 0 aromatic rings. The molecule has 1 saturated carbocycles. The van der Waals surface area contributed by atoms with Crippen LogP contribution in [0.5, 0.6) is 0 Å². The molecule has 0 radical (unpaired) electrons. The molecule has 1 rings (SSSR count). The molecule has 15 heteroatoms. The van der Waals surface area contributed by atoms with E-state index in [-0.39, 0.29) is 99.6 Å². The molecular weight excluding hydrogens is 1200 g/mol. The Morgan fingerprint density at radius 3 is 1.06 bits per heavy atom. The van der Waals surface area contributed by atoms with E-state index in [9.17, 15) is 28.8 Å². The zero-order chi connectivity index (χ0) is 76.6. The maximum Gasteiger partial charge on any atom is 0.332 e. The van der Waals surface area contributed by atoms with Crippen molar-refractivity contribution in [3.63, 3.8) is 0 Å². The molecule has 0 saturated heterocycles. The van der Waals surface area contributed by atoms with Gasteiger partial charge in [0.2, 0.25) is 0 Å². The zero-order valence-corrected chi connectivity index (χ0v) is 69.6. The van der Waals surface area contributed by atoms with Gasteiger partial charge in [-0.1, -0.05) is 248 Å². The molecule has 1 aliphatic carbocycles. The minimum Gasteiger partial charge on any atom is -0.466 e. The lowest BCUT2D eigenvalue weighted by molar-refractivity contribution is -0.154. The number of nitrogens with two attached hydrogens (primary N) is 2. The van der Waals surface area contributed by atoms with Crippen molar-refractivity contribution in [1.29, 1.82) is 0 Å². The number of rotatable bonds is 25. The summed E-state index contributed by atoms with van der Waals surface area (Å²) in [5.41, 5.74) is 12.6. The third kappa shape index (κ3) is 102. The quantitative estimate of drug-likeness (QED) is 0.0493. The fraction of sp³-hybridized carbons (Fsp3) is 0.925. The van der Waals surface area contributed by atoms with Crippen LogP contribution >= 0.6 is 0 Å². The Balaban J connectivity index is -0.000000189. The van der Waals surface area contributed by atoms with Crippen molar-refractivity contribution in [2.45, 2.75) is 364 Å². The van der Waals surface area contributed by atoms with Crippen molar-refractivity contribution in [2.24, 2.45) is 84.4 Å². The van der Waals surface area contributed by atoms with Gasteiger partial charge in [-0.15, -0.1) is 0 Å². The average molecular weight is 1360 g/mol. The Kier molecular flexibility index (Phi) is 60.3. The Bertz CT molecular complexity index is 1900. The van der Waals surface area contributed by atoms with Crippen LogP contribution in [0.4, 0.5) is 0 Å². The Labute approximate surface area is 589 Å². The summed E-state index contributed by atoms with van der Waals surface area (Å²) in [6.45, 7) is 78.7. The molecule has 0 heterocycles. The summed E-state index contributed by atoms with van der Waals surface area (Å²) in [6.07, 6.45) is 14.5. The van der Waals surface area contributed by atoms with Gasteiger partial charge in [0.1, 0.15) is 6.61 Å². The first-order valence-electron chi connectivity index (χ1n) is 36.6. The Hall–Kier alpha value is -3.30. The monoisotopic (exact) mass is 1360 g/mol. The van der Waals surface area contributed by atoms with E-state index in [1.807, 2.05) is 96.9 Å². The predicted molar refractivity (Wildman–Crippen MR) is 402 cm³/mol. The van der Waals surface area contributed by atoms with Crippen molar-refractivity contribution in [3.8, 4) is 0 Å². The van der Waals surface area contributed by atoms with Crippen LogP contribution in [-0.2, 0) is 61.9 Å². The fourth-order valence-electron chi connectivity index (χ4n) is 8.48. The topological polar surface area (TPSA) is 219 Å². The molecule has 0 aromatic heterocycles. The number of ether oxygens (including phenoxy) is 7. The highest BCUT2D eigenvalue weighted by Gasteiger charge is 2.27. The normalized spacial score (nSPS) is 13.8. The molecule has 0 aromatic carbocycles. The molecule has 1 aliphatic rings. The number of hydrogen-bond donors (Lipinski definition) is 2. The van der Waals surface area contributed by atoms with Crippen LogP contribution in [0.25, 0.3) is 0 Å². The highest BCUT2D eigenvalue weighted by atomic mass is 16.6. The second kappa shape index (κ2) is 54.5. The third-order valence-corrected chi connectivity index (χ3v) is 12.8. The van der Waals surface area contributed by atoms with Gasteiger partial charge in [-0.05, 0) is 146 Å². The summed E-state index contributed by atoms with van der Waals surface area (Å²) in [7, 11) is 0. The molecule has 0 bridgehead atoms. The SMILES string of the molecule is CC(C)(C)CN.CC(C)(C)COC(=O)COCCN.CC(C)CC(=O)OC(C)CC(C)(C)C.CC(C)CC(=O)OCCC(C)(C)C.CC(C)CC(=O)OCCCC(C)(C)C.CC(CC(C)(C)C)OC(=O)C(C)C.CC(CC(C)(C)C)OC(=O)C1CCCC1.CCCC(C)(C)C. The van der Waals surface area contributed by atoms with Crippen molar-refractivity contribution in [1.82, 2.24) is 0 Å². The van der Waals surface area contributed by atoms with Gasteiger partial charge in [0, 0.05) is 25.8 Å². The standard InChI is InChI=1S/C13H24O2.2C12H24O2.2C11H22O2.C9H19NO3.C7H16.C5H13N/c1-10(9-13(2,3)4)15-12(14)11-7-5-6-8-11;1-9(2)7-11(13)14-10(3)8-12(4,5)6;1-10(2)9-11(13)14-8-6-7-12(3,4)5;1-8(2)10(12)13-9(3)7-11(4,5)6;1-9(2)8-10(12)13-7-6-11(3,4)5;1-9(2,3)7-13-8(11)6-12-5-4-10;1-5-6-7(2,3)4;1-5(2,3)4-6/h10-11H,5-9H2,1-4H3;9-10H,7-8H2,1-6H3;10H,6-9H2,1-5H3;8-9H,7H2,1-6H3;9H,6-8H2,1-5H3;4-7,10H2,1-3H3;5-6H2,1-4H3;4,6H2,1-3H3. The number of esters is 6. The van der Waals surface area contributed by atoms with Gasteiger partial charge in [0.15, 0.2) is 0 Å². The minimum atomic E-state index is -0.330. The highest BCUT2D eigenvalue weighted by Crippen LogP contribution is 2.29. The molecular formula is C80H164N2O13. The molecule has 4 N–H and O–H groups in total. The van der Waals surface area contributed by atoms with E-state index in [4.69, 9.17) is 44.6 Å². The smallest absolute Gasteiger partial charge is 0.332 e. The number of carbonyl (C=O) groups is 6. The summed E-state index contributed by atoms with van der Waals surface area (Å²) in [6, 6.07) is 0. The van der Waals surface area contributed by atoms with Gasteiger partial charge >= 0.3 is 35.8 Å². The summed E-state index contributed by atoms with van der Waals surface area (Å²) < 4.78 is 36.1. The largest absolute Gasteiger partial charge is 0.466 e. The van der Waals surface area contributed by atoms with Gasteiger partial charge in [0.25, 0.3) is 0 Å². The van der Waals surface area contributed by atoms with Crippen molar-refractivity contribution >= 4 is 35.8 Å². The first-order valence-corrected chi connectivity index (χ1v) is 36.6. The maximum atomic E-state index is 11.7. The molecule has 1 fully saturated rings. The van der Waals surface area contributed by atoms with Crippen LogP contribution in [-0.4, -0.2) is 100 Å². The van der Waals surface area contributed by atoms with Crippen molar-refractivity contribution < 1.29 is 61.9 Å². The summed E-state index contributed by atoms with van der Waals surface area (Å²) >= 11 is 0. The molecule has 3 atom stereocenters. The van der Waals surface area contributed by atoms with Crippen molar-refractivity contribution in [3.05, 3.63) is 0 Å². The van der Waals surface area contributed by atoms with Crippen LogP contribution in [0.3, 0.4) is 0 Å². The molecule has 0 amide bonds. The minimum absolute atomic E-state index is 0.00350. The van der Waals surface area contributed by atoms with E-state index in [1.165, 1.54) is 25.7 Å². The maximum absolute atomic E-state index is 11.7. The Morgan fingerprint density at radius 1 is 0.400 bits per heavy atom. The molecule has 0 aliphatic heterocycles. The van der Waals surface area contributed by atoms with Gasteiger partial charge in [-0.3, -0.25) is 24.0 Å². The van der Waals surface area contributed by atoms with Crippen LogP contribution in [0.1, 0.15) is 346 Å². The first kappa shape index (κ1) is 105. The molecule has 95 heavy (non-hydrogen) atoms. The highest BCUT2D eigenvalue weighted by molar-refractivity contribution is 5.73. The third-order valence-electron chi connectivity index (χ3n) is 12.8. The van der Waals surface area contributed by atoms with E-state index in [2.05, 4.69) is 152 Å². The van der Waals surface area contributed by atoms with Crippen molar-refractivity contribution in [2.75, 3.05) is 46.1 Å². The van der Waals surface area contributed by atoms with Gasteiger partial charge in [-0.25, -0.2) is 4.79 Å². The summed E-state index contributed by atoms with van der Waals surface area (Å²) in [5, 5.41) is 0. The lowest BCUT2D eigenvalue weighted by atomic mass is 9.89. The number of hydrogen-bond acceptors (Lipinski definition) is 15. The van der Waals surface area contributed by atoms with Gasteiger partial charge in [0.05, 0.1) is 56.6 Å². The van der Waals surface area contributed by atoms with Crippen LogP contribution in [0.15, 0.2) is 0 Å². The molecule has 0 spiro atoms. The second-order valence-corrected chi connectivity index (χ2v) is 37.6.